The summed E-state index contributed by atoms with van der Waals surface area (Å²) >= 11 is 0. The van der Waals surface area contributed by atoms with Gasteiger partial charge in [-0.2, -0.15) is 0 Å². The Morgan fingerprint density at radius 2 is 1.00 bits per heavy atom. The SMILES string of the molecule is c1ccc(-c2c3c(c(-c4ccccc4)c4ccccc24)-c2ccc(-c4ccc(-n5c6c(c7c8ccccc8ccc75)-c5[nH]ccc5CC6)cc4)c4cccc-3c24)cc1. The predicted molar refractivity (Wildman–Crippen MR) is 244 cm³/mol. The smallest absolute Gasteiger partial charge is 0.0544 e. The molecule has 2 aliphatic rings. The van der Waals surface area contributed by atoms with Crippen LogP contribution in [-0.4, -0.2) is 9.55 Å². The Labute approximate surface area is 336 Å². The summed E-state index contributed by atoms with van der Waals surface area (Å²) in [5.41, 5.74) is 20.7. The van der Waals surface area contributed by atoms with Gasteiger partial charge in [0, 0.05) is 28.5 Å². The molecule has 0 aliphatic heterocycles. The van der Waals surface area contributed by atoms with E-state index in [9.17, 15) is 0 Å². The number of aromatic amines is 1. The average Bonchev–Trinajstić information content (AvgIpc) is 4.00. The third-order valence-corrected chi connectivity index (χ3v) is 13.0. The Kier molecular flexibility index (Phi) is 6.59. The fraction of sp³-hybridized carbons (Fsp3) is 0.0357. The van der Waals surface area contributed by atoms with Gasteiger partial charge in [-0.25, -0.2) is 0 Å². The first-order valence-corrected chi connectivity index (χ1v) is 20.4. The van der Waals surface area contributed by atoms with E-state index in [1.807, 2.05) is 0 Å². The highest BCUT2D eigenvalue weighted by Gasteiger charge is 2.32. The number of benzene rings is 9. The number of aromatic nitrogens is 2. The minimum absolute atomic E-state index is 1.01. The van der Waals surface area contributed by atoms with Crippen molar-refractivity contribution in [2.75, 3.05) is 0 Å². The Bertz CT molecular complexity index is 3380. The maximum atomic E-state index is 3.63. The van der Waals surface area contributed by atoms with Crippen molar-refractivity contribution >= 4 is 43.2 Å². The predicted octanol–water partition coefficient (Wildman–Crippen LogP) is 14.8. The number of hydrogen-bond donors (Lipinski definition) is 1. The van der Waals surface area contributed by atoms with Gasteiger partial charge in [0.05, 0.1) is 11.2 Å². The fourth-order valence-electron chi connectivity index (χ4n) is 10.7. The molecule has 13 rings (SSSR count). The van der Waals surface area contributed by atoms with Gasteiger partial charge in [-0.15, -0.1) is 0 Å². The monoisotopic (exact) mass is 736 g/mol. The van der Waals surface area contributed by atoms with Crippen LogP contribution in [0.3, 0.4) is 0 Å². The molecule has 0 radical (unpaired) electrons. The third-order valence-electron chi connectivity index (χ3n) is 13.0. The maximum absolute atomic E-state index is 3.63. The first-order valence-electron chi connectivity index (χ1n) is 20.4. The molecule has 0 fully saturated rings. The Balaban J connectivity index is 1.02. The van der Waals surface area contributed by atoms with E-state index in [4.69, 9.17) is 0 Å². The second-order valence-electron chi connectivity index (χ2n) is 15.9. The second kappa shape index (κ2) is 12.0. The number of hydrogen-bond acceptors (Lipinski definition) is 0. The van der Waals surface area contributed by atoms with E-state index in [2.05, 4.69) is 198 Å². The molecule has 0 saturated heterocycles. The summed E-state index contributed by atoms with van der Waals surface area (Å²) in [5, 5.41) is 9.11. The summed E-state index contributed by atoms with van der Waals surface area (Å²) in [6, 6.07) is 67.7. The summed E-state index contributed by atoms with van der Waals surface area (Å²) in [4.78, 5) is 3.63. The van der Waals surface area contributed by atoms with E-state index in [-0.39, 0.29) is 0 Å². The lowest BCUT2D eigenvalue weighted by molar-refractivity contribution is 0.865. The van der Waals surface area contributed by atoms with Crippen molar-refractivity contribution in [2.24, 2.45) is 0 Å². The summed E-state index contributed by atoms with van der Waals surface area (Å²) < 4.78 is 2.52. The van der Waals surface area contributed by atoms with Crippen molar-refractivity contribution in [2.45, 2.75) is 12.8 Å². The van der Waals surface area contributed by atoms with Crippen molar-refractivity contribution < 1.29 is 0 Å². The number of nitrogens with zero attached hydrogens (tertiary/aromatic N) is 1. The van der Waals surface area contributed by atoms with Gasteiger partial charge in [-0.1, -0.05) is 158 Å². The Morgan fingerprint density at radius 3 is 1.72 bits per heavy atom. The van der Waals surface area contributed by atoms with Gasteiger partial charge in [0.15, 0.2) is 0 Å². The zero-order valence-corrected chi connectivity index (χ0v) is 31.8. The van der Waals surface area contributed by atoms with Crippen LogP contribution in [0.1, 0.15) is 11.3 Å². The zero-order valence-electron chi connectivity index (χ0n) is 31.8. The summed E-state index contributed by atoms with van der Waals surface area (Å²) in [6.07, 6.45) is 4.15. The first-order chi connectivity index (χ1) is 28.8. The van der Waals surface area contributed by atoms with Crippen molar-refractivity contribution in [3.05, 3.63) is 199 Å². The van der Waals surface area contributed by atoms with Crippen molar-refractivity contribution in [1.82, 2.24) is 9.55 Å². The van der Waals surface area contributed by atoms with Gasteiger partial charge in [0.2, 0.25) is 0 Å². The highest BCUT2D eigenvalue weighted by Crippen LogP contribution is 2.58. The van der Waals surface area contributed by atoms with Crippen molar-refractivity contribution in [3.63, 3.8) is 0 Å². The van der Waals surface area contributed by atoms with E-state index in [1.54, 1.807) is 0 Å². The summed E-state index contributed by atoms with van der Waals surface area (Å²) in [7, 11) is 0. The molecule has 0 amide bonds. The normalized spacial score (nSPS) is 12.7. The number of aryl methyl sites for hydroxylation is 1. The molecule has 2 aliphatic carbocycles. The molecule has 2 nitrogen and oxygen atoms in total. The molecular formula is C56H36N2. The molecule has 11 aromatic rings. The van der Waals surface area contributed by atoms with E-state index in [0.717, 1.165) is 12.8 Å². The fourth-order valence-corrected chi connectivity index (χ4v) is 10.7. The van der Waals surface area contributed by atoms with E-state index < -0.39 is 0 Å². The standard InChI is InChI=1S/C56H36N2/c1-3-13-36(14-4-1)49-43-18-9-10-19-44(43)50(37-15-5-2-6-16-37)54-46-29-28-40(42-20-11-21-45(51(42)46)53(49)54)35-22-26-39(27-23-35)58-47-30-24-34-12-7-8-17-41(34)52(47)55-48(58)31-25-38-32-33-57-56(38)55/h1-24,26-30,32-33,57H,25,31H2. The van der Waals surface area contributed by atoms with Crippen LogP contribution in [0.15, 0.2) is 188 Å². The largest absolute Gasteiger partial charge is 0.361 e. The van der Waals surface area contributed by atoms with Gasteiger partial charge in [-0.05, 0) is 131 Å². The lowest BCUT2D eigenvalue weighted by atomic mass is 9.82. The molecule has 0 atom stereocenters. The van der Waals surface area contributed by atoms with Crippen LogP contribution in [-0.2, 0) is 12.8 Å². The molecular weight excluding hydrogens is 701 g/mol. The highest BCUT2D eigenvalue weighted by atomic mass is 15.0. The molecule has 2 heterocycles. The van der Waals surface area contributed by atoms with Crippen molar-refractivity contribution in [3.8, 4) is 72.6 Å². The summed E-state index contributed by atoms with van der Waals surface area (Å²) in [5.74, 6) is 0. The van der Waals surface area contributed by atoms with Crippen LogP contribution in [0, 0.1) is 0 Å². The molecule has 9 aromatic carbocycles. The van der Waals surface area contributed by atoms with E-state index >= 15 is 0 Å². The molecule has 0 bridgehead atoms. The number of rotatable bonds is 4. The highest BCUT2D eigenvalue weighted by molar-refractivity contribution is 6.29. The number of fused-ring (bicyclic) bond motifs is 11. The van der Waals surface area contributed by atoms with Gasteiger partial charge in [-0.3, -0.25) is 0 Å². The molecule has 58 heavy (non-hydrogen) atoms. The zero-order chi connectivity index (χ0) is 37.9. The molecule has 270 valence electrons. The summed E-state index contributed by atoms with van der Waals surface area (Å²) in [6.45, 7) is 0. The van der Waals surface area contributed by atoms with E-state index in [0.29, 0.717) is 0 Å². The lowest BCUT2D eigenvalue weighted by Gasteiger charge is -2.20. The maximum Gasteiger partial charge on any atom is 0.0544 e. The molecule has 0 unspecified atom stereocenters. The number of H-pyrrole nitrogens is 1. The molecule has 2 heteroatoms. The average molecular weight is 737 g/mol. The topological polar surface area (TPSA) is 20.7 Å². The first kappa shape index (κ1) is 31.7. The Hall–Kier alpha value is -7.42. The van der Waals surface area contributed by atoms with E-state index in [1.165, 1.54) is 127 Å². The molecule has 0 saturated carbocycles. The van der Waals surface area contributed by atoms with Crippen LogP contribution in [0.4, 0.5) is 0 Å². The minimum atomic E-state index is 1.01. The molecule has 1 N–H and O–H groups in total. The van der Waals surface area contributed by atoms with Crippen LogP contribution in [0.5, 0.6) is 0 Å². The van der Waals surface area contributed by atoms with Crippen LogP contribution < -0.4 is 0 Å². The van der Waals surface area contributed by atoms with Gasteiger partial charge in [0.1, 0.15) is 0 Å². The molecule has 0 spiro atoms. The molecule has 2 aromatic heterocycles. The van der Waals surface area contributed by atoms with Gasteiger partial charge in [0.25, 0.3) is 0 Å². The minimum Gasteiger partial charge on any atom is -0.361 e. The lowest BCUT2D eigenvalue weighted by Crippen LogP contribution is -2.07. The van der Waals surface area contributed by atoms with Crippen LogP contribution in [0.25, 0.3) is 116 Å². The Morgan fingerprint density at radius 1 is 0.379 bits per heavy atom. The van der Waals surface area contributed by atoms with Crippen LogP contribution in [0.2, 0.25) is 0 Å². The van der Waals surface area contributed by atoms with Gasteiger partial charge >= 0.3 is 0 Å². The van der Waals surface area contributed by atoms with Crippen LogP contribution >= 0.6 is 0 Å². The van der Waals surface area contributed by atoms with Gasteiger partial charge < -0.3 is 9.55 Å². The van der Waals surface area contributed by atoms with Crippen molar-refractivity contribution in [1.29, 1.82) is 0 Å². The quantitative estimate of drug-likeness (QED) is 0.186. The third kappa shape index (κ3) is 4.32. The number of nitrogens with one attached hydrogen (secondary N) is 1. The second-order valence-corrected chi connectivity index (χ2v) is 15.9.